The number of methoxy groups -OCH3 is 1. The summed E-state index contributed by atoms with van der Waals surface area (Å²) in [5.74, 6) is -0.188. The van der Waals surface area contributed by atoms with Crippen LogP contribution in [0.25, 0.3) is 0 Å². The first-order valence-electron chi connectivity index (χ1n) is 6.32. The van der Waals surface area contributed by atoms with Gasteiger partial charge in [0.25, 0.3) is 0 Å². The van der Waals surface area contributed by atoms with E-state index in [0.29, 0.717) is 0 Å². The molecule has 0 saturated heterocycles. The summed E-state index contributed by atoms with van der Waals surface area (Å²) in [5, 5.41) is 0. The van der Waals surface area contributed by atoms with Gasteiger partial charge in [0.15, 0.2) is 0 Å². The Morgan fingerprint density at radius 3 is 2.82 bits per heavy atom. The standard InChI is InChI=1S/C13H17NO2S/c1-16-13(15)11-6-9-7-14(8-12(9)17-11)10-4-2-3-5-10/h6,10H,2-5,7-8H2,1H3/p+1. The first-order valence-corrected chi connectivity index (χ1v) is 7.14. The summed E-state index contributed by atoms with van der Waals surface area (Å²) in [6, 6.07) is 2.89. The highest BCUT2D eigenvalue weighted by Crippen LogP contribution is 2.26. The maximum Gasteiger partial charge on any atom is 0.348 e. The van der Waals surface area contributed by atoms with E-state index in [-0.39, 0.29) is 5.97 Å². The molecule has 1 aliphatic carbocycles. The first kappa shape index (κ1) is 11.2. The van der Waals surface area contributed by atoms with Gasteiger partial charge in [-0.2, -0.15) is 0 Å². The second-order valence-electron chi connectivity index (χ2n) is 5.04. The normalized spacial score (nSPS) is 23.9. The van der Waals surface area contributed by atoms with Gasteiger partial charge in [0.05, 0.1) is 18.0 Å². The van der Waals surface area contributed by atoms with Gasteiger partial charge < -0.3 is 9.64 Å². The Morgan fingerprint density at radius 1 is 1.41 bits per heavy atom. The second-order valence-corrected chi connectivity index (χ2v) is 6.18. The molecule has 0 bridgehead atoms. The van der Waals surface area contributed by atoms with Gasteiger partial charge in [0, 0.05) is 5.56 Å². The Morgan fingerprint density at radius 2 is 2.18 bits per heavy atom. The molecule has 92 valence electrons. The molecule has 0 amide bonds. The highest BCUT2D eigenvalue weighted by Gasteiger charge is 2.33. The van der Waals surface area contributed by atoms with E-state index in [9.17, 15) is 4.79 Å². The molecule has 1 aromatic heterocycles. The van der Waals surface area contributed by atoms with Crippen LogP contribution >= 0.6 is 11.3 Å². The van der Waals surface area contributed by atoms with Gasteiger partial charge in [0.2, 0.25) is 0 Å². The van der Waals surface area contributed by atoms with E-state index in [1.54, 1.807) is 16.2 Å². The number of rotatable bonds is 2. The minimum atomic E-state index is -0.188. The quantitative estimate of drug-likeness (QED) is 0.806. The van der Waals surface area contributed by atoms with Crippen LogP contribution < -0.4 is 4.90 Å². The summed E-state index contributed by atoms with van der Waals surface area (Å²) >= 11 is 1.62. The minimum absolute atomic E-state index is 0.188. The molecular formula is C13H18NO2S+. The number of hydrogen-bond donors (Lipinski definition) is 1. The molecule has 2 heterocycles. The number of carbonyl (C=O) groups is 1. The van der Waals surface area contributed by atoms with Gasteiger partial charge in [-0.15, -0.1) is 11.3 Å². The van der Waals surface area contributed by atoms with E-state index in [1.807, 2.05) is 6.07 Å². The molecule has 3 rings (SSSR count). The Balaban J connectivity index is 1.72. The second kappa shape index (κ2) is 4.42. The minimum Gasteiger partial charge on any atom is -0.465 e. The lowest BCUT2D eigenvalue weighted by Crippen LogP contribution is -3.11. The number of hydrogen-bond acceptors (Lipinski definition) is 3. The Kier molecular flexibility index (Phi) is 2.92. The molecule has 1 fully saturated rings. The molecule has 1 atom stereocenters. The summed E-state index contributed by atoms with van der Waals surface area (Å²) in [7, 11) is 1.45. The maximum absolute atomic E-state index is 11.4. The Bertz CT molecular complexity index is 411. The lowest BCUT2D eigenvalue weighted by Gasteiger charge is -2.19. The number of carbonyl (C=O) groups excluding carboxylic acids is 1. The van der Waals surface area contributed by atoms with Crippen molar-refractivity contribution < 1.29 is 14.4 Å². The SMILES string of the molecule is COC(=O)c1cc2c(s1)C[NH+](C1CCCC1)C2. The third-order valence-corrected chi connectivity index (χ3v) is 5.18. The summed E-state index contributed by atoms with van der Waals surface area (Å²) in [5.41, 5.74) is 1.37. The lowest BCUT2D eigenvalue weighted by atomic mass is 10.2. The van der Waals surface area contributed by atoms with Crippen molar-refractivity contribution >= 4 is 17.3 Å². The zero-order valence-electron chi connectivity index (χ0n) is 10.1. The van der Waals surface area contributed by atoms with Crippen LogP contribution in [0.15, 0.2) is 6.07 Å². The molecule has 2 aliphatic rings. The molecule has 3 nitrogen and oxygen atoms in total. The van der Waals surface area contributed by atoms with E-state index in [0.717, 1.165) is 24.0 Å². The number of nitrogens with one attached hydrogen (secondary N) is 1. The molecule has 1 aliphatic heterocycles. The van der Waals surface area contributed by atoms with Crippen molar-refractivity contribution in [2.75, 3.05) is 7.11 Å². The first-order chi connectivity index (χ1) is 8.28. The van der Waals surface area contributed by atoms with Crippen molar-refractivity contribution in [1.82, 2.24) is 0 Å². The van der Waals surface area contributed by atoms with Crippen LogP contribution in [-0.4, -0.2) is 19.1 Å². The zero-order chi connectivity index (χ0) is 11.8. The summed E-state index contributed by atoms with van der Waals surface area (Å²) < 4.78 is 4.76. The molecule has 1 saturated carbocycles. The fourth-order valence-corrected chi connectivity index (χ4v) is 4.26. The van der Waals surface area contributed by atoms with Crippen LogP contribution in [0.4, 0.5) is 0 Å². The zero-order valence-corrected chi connectivity index (χ0v) is 10.9. The highest BCUT2D eigenvalue weighted by atomic mass is 32.1. The van der Waals surface area contributed by atoms with Crippen molar-refractivity contribution in [2.45, 2.75) is 44.8 Å². The number of ether oxygens (including phenoxy) is 1. The topological polar surface area (TPSA) is 30.7 Å². The number of thiophene rings is 1. The molecular weight excluding hydrogens is 234 g/mol. The number of quaternary nitrogens is 1. The molecule has 1 aromatic rings. The van der Waals surface area contributed by atoms with Gasteiger partial charge in [-0.25, -0.2) is 4.79 Å². The molecule has 0 spiro atoms. The van der Waals surface area contributed by atoms with Gasteiger partial charge >= 0.3 is 5.97 Å². The Hall–Kier alpha value is -0.870. The van der Waals surface area contributed by atoms with Crippen LogP contribution in [0.3, 0.4) is 0 Å². The molecule has 1 unspecified atom stereocenters. The van der Waals surface area contributed by atoms with Crippen LogP contribution in [0.2, 0.25) is 0 Å². The van der Waals surface area contributed by atoms with Crippen molar-refractivity contribution in [3.63, 3.8) is 0 Å². The summed E-state index contributed by atoms with van der Waals surface area (Å²) in [6.07, 6.45) is 5.56. The highest BCUT2D eigenvalue weighted by molar-refractivity contribution is 7.14. The van der Waals surface area contributed by atoms with Crippen molar-refractivity contribution in [3.8, 4) is 0 Å². The third kappa shape index (κ3) is 2.00. The monoisotopic (exact) mass is 252 g/mol. The van der Waals surface area contributed by atoms with Gasteiger partial charge in [-0.05, 0) is 31.7 Å². The average Bonchev–Trinajstić information content (AvgIpc) is 3.01. The van der Waals surface area contributed by atoms with Crippen LogP contribution in [0.1, 0.15) is 45.8 Å². The molecule has 0 aromatic carbocycles. The fraction of sp³-hybridized carbons (Fsp3) is 0.615. The van der Waals surface area contributed by atoms with Crippen LogP contribution in [0.5, 0.6) is 0 Å². The number of fused-ring (bicyclic) bond motifs is 1. The molecule has 17 heavy (non-hydrogen) atoms. The van der Waals surface area contributed by atoms with Crippen LogP contribution in [0, 0.1) is 0 Å². The maximum atomic E-state index is 11.4. The van der Waals surface area contributed by atoms with Crippen molar-refractivity contribution in [1.29, 1.82) is 0 Å². The average molecular weight is 252 g/mol. The van der Waals surface area contributed by atoms with Crippen molar-refractivity contribution in [2.24, 2.45) is 0 Å². The largest absolute Gasteiger partial charge is 0.465 e. The van der Waals surface area contributed by atoms with E-state index < -0.39 is 0 Å². The number of esters is 1. The predicted octanol–water partition coefficient (Wildman–Crippen LogP) is 1.38. The van der Waals surface area contributed by atoms with Crippen molar-refractivity contribution in [3.05, 3.63) is 21.4 Å². The van der Waals surface area contributed by atoms with Gasteiger partial charge in [-0.1, -0.05) is 0 Å². The summed E-state index contributed by atoms with van der Waals surface area (Å²) in [4.78, 5) is 15.3. The molecule has 4 heteroatoms. The van der Waals surface area contributed by atoms with E-state index in [2.05, 4.69) is 0 Å². The van der Waals surface area contributed by atoms with Crippen LogP contribution in [-0.2, 0) is 17.8 Å². The van der Waals surface area contributed by atoms with E-state index in [4.69, 9.17) is 4.74 Å². The van der Waals surface area contributed by atoms with E-state index in [1.165, 1.54) is 43.2 Å². The lowest BCUT2D eigenvalue weighted by molar-refractivity contribution is -0.944. The third-order valence-electron chi connectivity index (χ3n) is 4.02. The molecule has 0 radical (unpaired) electrons. The van der Waals surface area contributed by atoms with Gasteiger partial charge in [-0.3, -0.25) is 0 Å². The molecule has 1 N–H and O–H groups in total. The Labute approximate surface area is 105 Å². The smallest absolute Gasteiger partial charge is 0.348 e. The van der Waals surface area contributed by atoms with Gasteiger partial charge in [0.1, 0.15) is 18.0 Å². The van der Waals surface area contributed by atoms with E-state index >= 15 is 0 Å². The summed E-state index contributed by atoms with van der Waals surface area (Å²) in [6.45, 7) is 2.22. The predicted molar refractivity (Wildman–Crippen MR) is 66.3 cm³/mol. The fourth-order valence-electron chi connectivity index (χ4n) is 3.10.